The SMILES string of the molecule is COCC1CCN(S(=O)(=O)c2cccc(C#CCO)c2)C1. The van der Waals surface area contributed by atoms with Crippen molar-refractivity contribution in [1.82, 2.24) is 4.31 Å². The van der Waals surface area contributed by atoms with E-state index in [1.807, 2.05) is 0 Å². The minimum absolute atomic E-state index is 0.241. The summed E-state index contributed by atoms with van der Waals surface area (Å²) in [4.78, 5) is 0.241. The lowest BCUT2D eigenvalue weighted by molar-refractivity contribution is 0.157. The van der Waals surface area contributed by atoms with Crippen LogP contribution in [0, 0.1) is 17.8 Å². The Balaban J connectivity index is 2.20. The lowest BCUT2D eigenvalue weighted by Gasteiger charge is -2.16. The van der Waals surface area contributed by atoms with Crippen LogP contribution in [0.25, 0.3) is 0 Å². The van der Waals surface area contributed by atoms with Gasteiger partial charge in [-0.3, -0.25) is 0 Å². The minimum Gasteiger partial charge on any atom is -0.384 e. The second-order valence-electron chi connectivity index (χ2n) is 4.96. The summed E-state index contributed by atoms with van der Waals surface area (Å²) in [6, 6.07) is 6.50. The number of ether oxygens (including phenoxy) is 1. The summed E-state index contributed by atoms with van der Waals surface area (Å²) in [5, 5.41) is 8.70. The molecular formula is C15H19NO4S. The number of sulfonamides is 1. The standard InChI is InChI=1S/C15H19NO4S/c1-20-12-14-7-8-16(11-14)21(18,19)15-6-2-4-13(10-15)5-3-9-17/h2,4,6,10,14,17H,7-9,11-12H2,1H3. The second kappa shape index (κ2) is 7.05. The highest BCUT2D eigenvalue weighted by molar-refractivity contribution is 7.89. The Kier molecular flexibility index (Phi) is 5.37. The fraction of sp³-hybridized carbons (Fsp3) is 0.467. The highest BCUT2D eigenvalue weighted by Gasteiger charge is 2.32. The summed E-state index contributed by atoms with van der Waals surface area (Å²) in [6.07, 6.45) is 0.817. The van der Waals surface area contributed by atoms with Gasteiger partial charge in [0.05, 0.1) is 11.5 Å². The number of rotatable bonds is 4. The molecule has 6 heteroatoms. The Labute approximate surface area is 125 Å². The van der Waals surface area contributed by atoms with Gasteiger partial charge in [0.15, 0.2) is 0 Å². The van der Waals surface area contributed by atoms with Gasteiger partial charge in [0, 0.05) is 25.8 Å². The molecule has 5 nitrogen and oxygen atoms in total. The Morgan fingerprint density at radius 1 is 1.48 bits per heavy atom. The maximum absolute atomic E-state index is 12.6. The molecular weight excluding hydrogens is 290 g/mol. The predicted octanol–water partition coefficient (Wildman–Crippen LogP) is 0.687. The lowest BCUT2D eigenvalue weighted by Crippen LogP contribution is -2.29. The first-order valence-corrected chi connectivity index (χ1v) is 8.21. The molecule has 0 spiro atoms. The summed E-state index contributed by atoms with van der Waals surface area (Å²) in [5.41, 5.74) is 0.581. The predicted molar refractivity (Wildman–Crippen MR) is 79.1 cm³/mol. The second-order valence-corrected chi connectivity index (χ2v) is 6.90. The largest absolute Gasteiger partial charge is 0.384 e. The van der Waals surface area contributed by atoms with E-state index < -0.39 is 10.0 Å². The molecule has 0 bridgehead atoms. The first-order chi connectivity index (χ1) is 10.1. The molecule has 0 saturated carbocycles. The number of methoxy groups -OCH3 is 1. The van der Waals surface area contributed by atoms with Gasteiger partial charge < -0.3 is 9.84 Å². The molecule has 0 amide bonds. The normalized spacial score (nSPS) is 19.2. The Hall–Kier alpha value is -1.39. The summed E-state index contributed by atoms with van der Waals surface area (Å²) in [5.74, 6) is 5.49. The zero-order valence-electron chi connectivity index (χ0n) is 11.9. The third kappa shape index (κ3) is 3.83. The van der Waals surface area contributed by atoms with E-state index in [0.717, 1.165) is 6.42 Å². The molecule has 1 saturated heterocycles. The van der Waals surface area contributed by atoms with Crippen LogP contribution in [-0.2, 0) is 14.8 Å². The highest BCUT2D eigenvalue weighted by atomic mass is 32.2. The first-order valence-electron chi connectivity index (χ1n) is 6.77. The number of benzene rings is 1. The molecule has 114 valence electrons. The fourth-order valence-corrected chi connectivity index (χ4v) is 3.99. The van der Waals surface area contributed by atoms with E-state index in [2.05, 4.69) is 11.8 Å². The smallest absolute Gasteiger partial charge is 0.243 e. The zero-order valence-corrected chi connectivity index (χ0v) is 12.8. The molecule has 1 N–H and O–H groups in total. The quantitative estimate of drug-likeness (QED) is 0.831. The average molecular weight is 309 g/mol. The summed E-state index contributed by atoms with van der Waals surface area (Å²) >= 11 is 0. The van der Waals surface area contributed by atoms with Crippen LogP contribution in [0.5, 0.6) is 0 Å². The van der Waals surface area contributed by atoms with Gasteiger partial charge in [-0.15, -0.1) is 0 Å². The van der Waals surface area contributed by atoms with Gasteiger partial charge in [0.2, 0.25) is 10.0 Å². The maximum Gasteiger partial charge on any atom is 0.243 e. The molecule has 1 unspecified atom stereocenters. The van der Waals surface area contributed by atoms with E-state index in [0.29, 0.717) is 25.3 Å². The monoisotopic (exact) mass is 309 g/mol. The molecule has 1 fully saturated rings. The summed E-state index contributed by atoms with van der Waals surface area (Å²) < 4.78 is 31.8. The molecule has 1 aromatic rings. The van der Waals surface area contributed by atoms with E-state index in [-0.39, 0.29) is 17.4 Å². The highest BCUT2D eigenvalue weighted by Crippen LogP contribution is 2.24. The van der Waals surface area contributed by atoms with E-state index in [9.17, 15) is 8.42 Å². The van der Waals surface area contributed by atoms with Gasteiger partial charge in [0.1, 0.15) is 6.61 Å². The van der Waals surface area contributed by atoms with Gasteiger partial charge in [-0.25, -0.2) is 8.42 Å². The number of aliphatic hydroxyl groups is 1. The minimum atomic E-state index is -3.49. The van der Waals surface area contributed by atoms with Gasteiger partial charge in [-0.05, 0) is 30.5 Å². The van der Waals surface area contributed by atoms with Crippen molar-refractivity contribution >= 4 is 10.0 Å². The van der Waals surface area contributed by atoms with E-state index in [1.54, 1.807) is 31.4 Å². The molecule has 1 heterocycles. The van der Waals surface area contributed by atoms with E-state index in [1.165, 1.54) is 4.31 Å². The van der Waals surface area contributed by atoms with Crippen molar-refractivity contribution in [3.05, 3.63) is 29.8 Å². The molecule has 21 heavy (non-hydrogen) atoms. The van der Waals surface area contributed by atoms with Crippen LogP contribution in [0.15, 0.2) is 29.2 Å². The number of aliphatic hydroxyl groups excluding tert-OH is 1. The third-order valence-electron chi connectivity index (χ3n) is 3.43. The summed E-state index contributed by atoms with van der Waals surface area (Å²) in [7, 11) is -1.86. The van der Waals surface area contributed by atoms with Crippen molar-refractivity contribution in [2.75, 3.05) is 33.4 Å². The van der Waals surface area contributed by atoms with Crippen LogP contribution < -0.4 is 0 Å². The number of hydrogen-bond donors (Lipinski definition) is 1. The van der Waals surface area contributed by atoms with Crippen LogP contribution in [0.2, 0.25) is 0 Å². The summed E-state index contributed by atoms with van der Waals surface area (Å²) in [6.45, 7) is 1.33. The van der Waals surface area contributed by atoms with E-state index in [4.69, 9.17) is 9.84 Å². The topological polar surface area (TPSA) is 66.8 Å². The molecule has 1 aliphatic rings. The molecule has 1 atom stereocenters. The maximum atomic E-state index is 12.6. The van der Waals surface area contributed by atoms with Gasteiger partial charge in [-0.2, -0.15) is 4.31 Å². The number of nitrogens with zero attached hydrogens (tertiary/aromatic N) is 1. The van der Waals surface area contributed by atoms with Gasteiger partial charge >= 0.3 is 0 Å². The van der Waals surface area contributed by atoms with Crippen molar-refractivity contribution in [2.24, 2.45) is 5.92 Å². The van der Waals surface area contributed by atoms with E-state index >= 15 is 0 Å². The van der Waals surface area contributed by atoms with Crippen LogP contribution in [-0.4, -0.2) is 51.2 Å². The molecule has 0 aromatic heterocycles. The third-order valence-corrected chi connectivity index (χ3v) is 5.30. The van der Waals surface area contributed by atoms with Crippen molar-refractivity contribution in [3.8, 4) is 11.8 Å². The van der Waals surface area contributed by atoms with Crippen LogP contribution in [0.3, 0.4) is 0 Å². The molecule has 1 aliphatic heterocycles. The van der Waals surface area contributed by atoms with Crippen LogP contribution in [0.4, 0.5) is 0 Å². The van der Waals surface area contributed by atoms with Crippen LogP contribution in [0.1, 0.15) is 12.0 Å². The Bertz CT molecular complexity index is 645. The van der Waals surface area contributed by atoms with Crippen molar-refractivity contribution in [3.63, 3.8) is 0 Å². The van der Waals surface area contributed by atoms with Crippen molar-refractivity contribution in [1.29, 1.82) is 0 Å². The van der Waals surface area contributed by atoms with Crippen molar-refractivity contribution < 1.29 is 18.3 Å². The Morgan fingerprint density at radius 2 is 2.29 bits per heavy atom. The number of hydrogen-bond acceptors (Lipinski definition) is 4. The molecule has 0 radical (unpaired) electrons. The average Bonchev–Trinajstić information content (AvgIpc) is 2.95. The van der Waals surface area contributed by atoms with Crippen molar-refractivity contribution in [2.45, 2.75) is 11.3 Å². The molecule has 2 rings (SSSR count). The van der Waals surface area contributed by atoms with Gasteiger partial charge in [0.25, 0.3) is 0 Å². The first kappa shape index (κ1) is 16.0. The fourth-order valence-electron chi connectivity index (χ4n) is 2.41. The van der Waals surface area contributed by atoms with Gasteiger partial charge in [-0.1, -0.05) is 17.9 Å². The molecule has 1 aromatic carbocycles. The molecule has 0 aliphatic carbocycles. The lowest BCUT2D eigenvalue weighted by atomic mass is 10.1. The Morgan fingerprint density at radius 3 is 3.00 bits per heavy atom. The zero-order chi connectivity index (χ0) is 15.3. The van der Waals surface area contributed by atoms with Crippen LogP contribution >= 0.6 is 0 Å².